The monoisotopic (exact) mass is 297 g/mol. The highest BCUT2D eigenvalue weighted by atomic mass is 35.5. The predicted octanol–water partition coefficient (Wildman–Crippen LogP) is 2.86. The van der Waals surface area contributed by atoms with Crippen LogP contribution in [0.25, 0.3) is 0 Å². The highest BCUT2D eigenvalue weighted by Gasteiger charge is 2.29. The molecule has 1 fully saturated rings. The molecule has 1 heterocycles. The Kier molecular flexibility index (Phi) is 4.83. The van der Waals surface area contributed by atoms with Crippen molar-refractivity contribution in [2.24, 2.45) is 0 Å². The van der Waals surface area contributed by atoms with E-state index < -0.39 is 5.60 Å². The second-order valence-corrected chi connectivity index (χ2v) is 5.78. The molecule has 0 atom stereocenters. The molecule has 20 heavy (non-hydrogen) atoms. The van der Waals surface area contributed by atoms with Gasteiger partial charge >= 0.3 is 6.03 Å². The maximum atomic E-state index is 11.8. The molecule has 1 aliphatic rings. The topological polar surface area (TPSA) is 74.2 Å². The Hall–Kier alpha value is -1.33. The third-order valence-electron chi connectivity index (χ3n) is 3.63. The number of hydrogen-bond acceptors (Lipinski definition) is 3. The van der Waals surface area contributed by atoms with Crippen LogP contribution in [0.3, 0.4) is 0 Å². The first kappa shape index (κ1) is 15.1. The molecular weight excluding hydrogens is 278 g/mol. The summed E-state index contributed by atoms with van der Waals surface area (Å²) >= 11 is 5.83. The van der Waals surface area contributed by atoms with Crippen LogP contribution in [0.2, 0.25) is 5.15 Å². The predicted molar refractivity (Wildman–Crippen MR) is 79.0 cm³/mol. The molecule has 3 N–H and O–H groups in total. The molecule has 0 aromatic carbocycles. The summed E-state index contributed by atoms with van der Waals surface area (Å²) in [5, 5.41) is 16.1. The van der Waals surface area contributed by atoms with E-state index in [1.165, 1.54) is 6.20 Å². The summed E-state index contributed by atoms with van der Waals surface area (Å²) < 4.78 is 0. The van der Waals surface area contributed by atoms with Crippen molar-refractivity contribution in [2.45, 2.75) is 44.6 Å². The summed E-state index contributed by atoms with van der Waals surface area (Å²) in [4.78, 5) is 15.8. The summed E-state index contributed by atoms with van der Waals surface area (Å²) in [6.45, 7) is 2.10. The fraction of sp³-hybridized carbons (Fsp3) is 0.571. The number of pyridine rings is 1. The van der Waals surface area contributed by atoms with E-state index in [4.69, 9.17) is 11.6 Å². The van der Waals surface area contributed by atoms with Gasteiger partial charge in [-0.3, -0.25) is 0 Å². The van der Waals surface area contributed by atoms with Crippen LogP contribution in [-0.4, -0.2) is 28.3 Å². The van der Waals surface area contributed by atoms with Gasteiger partial charge in [0.1, 0.15) is 5.15 Å². The zero-order chi connectivity index (χ0) is 14.6. The van der Waals surface area contributed by atoms with Gasteiger partial charge in [-0.2, -0.15) is 0 Å². The molecular formula is C14H20ClN3O2. The number of carbonyl (C=O) groups excluding carboxylic acids is 1. The van der Waals surface area contributed by atoms with E-state index >= 15 is 0 Å². The minimum absolute atomic E-state index is 0.277. The lowest BCUT2D eigenvalue weighted by Gasteiger charge is -2.32. The van der Waals surface area contributed by atoms with Gasteiger partial charge < -0.3 is 15.7 Å². The molecule has 0 aliphatic heterocycles. The van der Waals surface area contributed by atoms with Crippen LogP contribution < -0.4 is 10.6 Å². The molecule has 2 amide bonds. The van der Waals surface area contributed by atoms with Crippen LogP contribution in [0, 0.1) is 6.92 Å². The van der Waals surface area contributed by atoms with Gasteiger partial charge in [-0.05, 0) is 31.4 Å². The SMILES string of the molecule is Cc1cc(NC(=O)NCC2(O)CCCCC2)cnc1Cl. The highest BCUT2D eigenvalue weighted by Crippen LogP contribution is 2.27. The van der Waals surface area contributed by atoms with Gasteiger partial charge in [-0.15, -0.1) is 0 Å². The molecule has 1 aromatic heterocycles. The van der Waals surface area contributed by atoms with E-state index in [2.05, 4.69) is 15.6 Å². The quantitative estimate of drug-likeness (QED) is 0.751. The van der Waals surface area contributed by atoms with E-state index in [1.54, 1.807) is 6.07 Å². The summed E-state index contributed by atoms with van der Waals surface area (Å²) in [6, 6.07) is 1.41. The van der Waals surface area contributed by atoms with Crippen LogP contribution in [0.1, 0.15) is 37.7 Å². The minimum atomic E-state index is -0.760. The van der Waals surface area contributed by atoms with Crippen LogP contribution in [0.5, 0.6) is 0 Å². The smallest absolute Gasteiger partial charge is 0.319 e. The van der Waals surface area contributed by atoms with Gasteiger partial charge in [0.25, 0.3) is 0 Å². The lowest BCUT2D eigenvalue weighted by atomic mass is 9.85. The molecule has 110 valence electrons. The van der Waals surface area contributed by atoms with Crippen molar-refractivity contribution in [3.05, 3.63) is 23.0 Å². The Morgan fingerprint density at radius 2 is 2.15 bits per heavy atom. The van der Waals surface area contributed by atoms with Gasteiger partial charge in [0.2, 0.25) is 0 Å². The average Bonchev–Trinajstić information content (AvgIpc) is 2.42. The van der Waals surface area contributed by atoms with E-state index in [0.717, 1.165) is 37.7 Å². The van der Waals surface area contributed by atoms with E-state index in [-0.39, 0.29) is 12.6 Å². The number of amides is 2. The summed E-state index contributed by atoms with van der Waals surface area (Å²) in [5.41, 5.74) is 0.624. The number of rotatable bonds is 3. The Morgan fingerprint density at radius 3 is 2.80 bits per heavy atom. The fourth-order valence-corrected chi connectivity index (χ4v) is 2.54. The van der Waals surface area contributed by atoms with Crippen molar-refractivity contribution < 1.29 is 9.90 Å². The van der Waals surface area contributed by atoms with Crippen LogP contribution >= 0.6 is 11.6 Å². The summed E-state index contributed by atoms with van der Waals surface area (Å²) in [6.07, 6.45) is 6.18. The number of nitrogens with one attached hydrogen (secondary N) is 2. The van der Waals surface area contributed by atoms with Gasteiger partial charge in [-0.1, -0.05) is 30.9 Å². The van der Waals surface area contributed by atoms with Crippen molar-refractivity contribution in [1.29, 1.82) is 0 Å². The summed E-state index contributed by atoms with van der Waals surface area (Å²) in [7, 11) is 0. The molecule has 0 unspecified atom stereocenters. The number of nitrogens with zero attached hydrogens (tertiary/aromatic N) is 1. The first-order valence-electron chi connectivity index (χ1n) is 6.88. The maximum absolute atomic E-state index is 11.8. The number of halogens is 1. The Bertz CT molecular complexity index is 487. The molecule has 1 aliphatic carbocycles. The molecule has 0 spiro atoms. The van der Waals surface area contributed by atoms with Gasteiger partial charge in [-0.25, -0.2) is 9.78 Å². The normalized spacial score (nSPS) is 17.6. The molecule has 6 heteroatoms. The van der Waals surface area contributed by atoms with Crippen LogP contribution in [0.4, 0.5) is 10.5 Å². The Labute approximate surface area is 123 Å². The Morgan fingerprint density at radius 1 is 1.45 bits per heavy atom. The number of urea groups is 1. The molecule has 0 radical (unpaired) electrons. The van der Waals surface area contributed by atoms with Crippen molar-refractivity contribution >= 4 is 23.3 Å². The molecule has 2 rings (SSSR count). The minimum Gasteiger partial charge on any atom is -0.388 e. The first-order valence-corrected chi connectivity index (χ1v) is 7.26. The highest BCUT2D eigenvalue weighted by molar-refractivity contribution is 6.30. The van der Waals surface area contributed by atoms with E-state index in [0.29, 0.717) is 10.8 Å². The maximum Gasteiger partial charge on any atom is 0.319 e. The molecule has 1 saturated carbocycles. The molecule has 5 nitrogen and oxygen atoms in total. The standard InChI is InChI=1S/C14H20ClN3O2/c1-10-7-11(8-16-12(10)15)18-13(19)17-9-14(20)5-3-2-4-6-14/h7-8,20H,2-6,9H2,1H3,(H2,17,18,19). The molecule has 0 bridgehead atoms. The number of aryl methyl sites for hydroxylation is 1. The fourth-order valence-electron chi connectivity index (χ4n) is 2.43. The number of aliphatic hydroxyl groups is 1. The number of anilines is 1. The number of aromatic nitrogens is 1. The lowest BCUT2D eigenvalue weighted by Crippen LogP contribution is -2.45. The second-order valence-electron chi connectivity index (χ2n) is 5.42. The lowest BCUT2D eigenvalue weighted by molar-refractivity contribution is 0.00755. The first-order chi connectivity index (χ1) is 9.48. The molecule has 0 saturated heterocycles. The van der Waals surface area contributed by atoms with Crippen molar-refractivity contribution in [3.8, 4) is 0 Å². The third kappa shape index (κ3) is 4.08. The van der Waals surface area contributed by atoms with Gasteiger partial charge in [0.05, 0.1) is 17.5 Å². The van der Waals surface area contributed by atoms with Gasteiger partial charge in [0.15, 0.2) is 0 Å². The van der Waals surface area contributed by atoms with Crippen LogP contribution in [0.15, 0.2) is 12.3 Å². The zero-order valence-electron chi connectivity index (χ0n) is 11.6. The second kappa shape index (κ2) is 6.41. The average molecular weight is 298 g/mol. The molecule has 1 aromatic rings. The van der Waals surface area contributed by atoms with Crippen molar-refractivity contribution in [2.75, 3.05) is 11.9 Å². The number of hydrogen-bond donors (Lipinski definition) is 3. The van der Waals surface area contributed by atoms with E-state index in [9.17, 15) is 9.90 Å². The van der Waals surface area contributed by atoms with Crippen molar-refractivity contribution in [1.82, 2.24) is 10.3 Å². The largest absolute Gasteiger partial charge is 0.388 e. The van der Waals surface area contributed by atoms with Crippen LogP contribution in [-0.2, 0) is 0 Å². The van der Waals surface area contributed by atoms with E-state index in [1.807, 2.05) is 6.92 Å². The summed E-state index contributed by atoms with van der Waals surface area (Å²) in [5.74, 6) is 0. The zero-order valence-corrected chi connectivity index (χ0v) is 12.3. The number of carbonyl (C=O) groups is 1. The van der Waals surface area contributed by atoms with Gasteiger partial charge in [0, 0.05) is 6.54 Å². The van der Waals surface area contributed by atoms with Crippen molar-refractivity contribution in [3.63, 3.8) is 0 Å². The Balaban J connectivity index is 1.84. The third-order valence-corrected chi connectivity index (χ3v) is 4.03.